The second-order valence-electron chi connectivity index (χ2n) is 5.31. The summed E-state index contributed by atoms with van der Waals surface area (Å²) in [5.41, 5.74) is 2.09. The van der Waals surface area contributed by atoms with Crippen LogP contribution in [0.5, 0.6) is 0 Å². The molecule has 22 heavy (non-hydrogen) atoms. The van der Waals surface area contributed by atoms with Crippen LogP contribution in [0.4, 0.5) is 5.69 Å². The first kappa shape index (κ1) is 15.4. The van der Waals surface area contributed by atoms with Gasteiger partial charge in [0.2, 0.25) is 5.91 Å². The lowest BCUT2D eigenvalue weighted by molar-refractivity contribution is -0.118. The smallest absolute Gasteiger partial charge is 0.227 e. The first-order chi connectivity index (χ1) is 10.8. The summed E-state index contributed by atoms with van der Waals surface area (Å²) in [6.45, 7) is 0.797. The van der Waals surface area contributed by atoms with Crippen LogP contribution in [-0.4, -0.2) is 18.2 Å². The van der Waals surface area contributed by atoms with Gasteiger partial charge in [0.05, 0.1) is 5.69 Å². The summed E-state index contributed by atoms with van der Waals surface area (Å²) in [5.74, 6) is 1.24. The maximum absolute atomic E-state index is 12.7. The monoisotopic (exact) mass is 331 g/mol. The summed E-state index contributed by atoms with van der Waals surface area (Å²) >= 11 is 8.01. The van der Waals surface area contributed by atoms with Gasteiger partial charge in [0, 0.05) is 22.9 Å². The second kappa shape index (κ2) is 7.21. The number of thioether (sulfide) groups is 1. The zero-order valence-electron chi connectivity index (χ0n) is 12.3. The average Bonchev–Trinajstić information content (AvgIpc) is 2.76. The van der Waals surface area contributed by atoms with E-state index in [0.29, 0.717) is 12.8 Å². The standard InChI is InChI=1S/C18H18ClNOS/c19-15-7-2-1-6-14(15)10-11-18(21)20-12-5-13-22-17-9-4-3-8-16(17)20/h1-4,6-9H,5,10-13H2. The zero-order valence-corrected chi connectivity index (χ0v) is 13.9. The van der Waals surface area contributed by atoms with E-state index in [1.807, 2.05) is 59.1 Å². The maximum atomic E-state index is 12.7. The Morgan fingerprint density at radius 2 is 1.91 bits per heavy atom. The van der Waals surface area contributed by atoms with Crippen molar-refractivity contribution in [2.24, 2.45) is 0 Å². The fraction of sp³-hybridized carbons (Fsp3) is 0.278. The van der Waals surface area contributed by atoms with Crippen molar-refractivity contribution in [1.82, 2.24) is 0 Å². The van der Waals surface area contributed by atoms with Crippen molar-refractivity contribution < 1.29 is 4.79 Å². The molecule has 0 aliphatic carbocycles. The van der Waals surface area contributed by atoms with Gasteiger partial charge in [-0.2, -0.15) is 0 Å². The predicted octanol–water partition coefficient (Wildman–Crippen LogP) is 4.80. The van der Waals surface area contributed by atoms with E-state index in [-0.39, 0.29) is 5.91 Å². The number of carbonyl (C=O) groups is 1. The van der Waals surface area contributed by atoms with E-state index in [0.717, 1.165) is 35.0 Å². The molecule has 2 nitrogen and oxygen atoms in total. The summed E-state index contributed by atoms with van der Waals surface area (Å²) in [6.07, 6.45) is 2.20. The van der Waals surface area contributed by atoms with Crippen LogP contribution in [0.2, 0.25) is 5.02 Å². The van der Waals surface area contributed by atoms with Gasteiger partial charge < -0.3 is 4.90 Å². The molecule has 2 aromatic carbocycles. The van der Waals surface area contributed by atoms with Crippen LogP contribution < -0.4 is 4.90 Å². The van der Waals surface area contributed by atoms with E-state index < -0.39 is 0 Å². The van der Waals surface area contributed by atoms with Crippen molar-refractivity contribution in [3.05, 3.63) is 59.1 Å². The van der Waals surface area contributed by atoms with Gasteiger partial charge in [-0.1, -0.05) is 41.9 Å². The van der Waals surface area contributed by atoms with Crippen LogP contribution in [0, 0.1) is 0 Å². The third kappa shape index (κ3) is 3.47. The van der Waals surface area contributed by atoms with Crippen molar-refractivity contribution in [3.8, 4) is 0 Å². The topological polar surface area (TPSA) is 20.3 Å². The number of fused-ring (bicyclic) bond motifs is 1. The van der Waals surface area contributed by atoms with Gasteiger partial charge in [-0.3, -0.25) is 4.79 Å². The minimum Gasteiger partial charge on any atom is -0.311 e. The van der Waals surface area contributed by atoms with Gasteiger partial charge in [0.1, 0.15) is 0 Å². The molecule has 2 aromatic rings. The van der Waals surface area contributed by atoms with E-state index in [4.69, 9.17) is 11.6 Å². The van der Waals surface area contributed by atoms with E-state index in [9.17, 15) is 4.79 Å². The summed E-state index contributed by atoms with van der Waals surface area (Å²) in [7, 11) is 0. The molecule has 0 saturated carbocycles. The summed E-state index contributed by atoms with van der Waals surface area (Å²) in [5, 5.41) is 0.738. The number of hydrogen-bond acceptors (Lipinski definition) is 2. The largest absolute Gasteiger partial charge is 0.311 e. The molecule has 1 aliphatic heterocycles. The Morgan fingerprint density at radius 1 is 1.14 bits per heavy atom. The number of anilines is 1. The average molecular weight is 332 g/mol. The fourth-order valence-electron chi connectivity index (χ4n) is 2.66. The molecule has 3 rings (SSSR count). The Hall–Kier alpha value is -1.45. The predicted molar refractivity (Wildman–Crippen MR) is 93.9 cm³/mol. The normalized spacial score (nSPS) is 14.3. The lowest BCUT2D eigenvalue weighted by atomic mass is 10.1. The fourth-order valence-corrected chi connectivity index (χ4v) is 3.89. The first-order valence-electron chi connectivity index (χ1n) is 7.51. The van der Waals surface area contributed by atoms with Crippen molar-refractivity contribution in [3.63, 3.8) is 0 Å². The number of nitrogens with zero attached hydrogens (tertiary/aromatic N) is 1. The van der Waals surface area contributed by atoms with E-state index >= 15 is 0 Å². The molecule has 1 amide bonds. The number of carbonyl (C=O) groups excluding carboxylic acids is 1. The number of rotatable bonds is 3. The van der Waals surface area contributed by atoms with Crippen molar-refractivity contribution in [2.45, 2.75) is 24.2 Å². The van der Waals surface area contributed by atoms with Gasteiger partial charge in [-0.15, -0.1) is 11.8 Å². The van der Waals surface area contributed by atoms with Crippen LogP contribution in [0.1, 0.15) is 18.4 Å². The molecule has 114 valence electrons. The van der Waals surface area contributed by atoms with Crippen molar-refractivity contribution in [2.75, 3.05) is 17.2 Å². The van der Waals surface area contributed by atoms with Crippen LogP contribution in [0.3, 0.4) is 0 Å². The second-order valence-corrected chi connectivity index (χ2v) is 6.85. The summed E-state index contributed by atoms with van der Waals surface area (Å²) in [6, 6.07) is 15.9. The summed E-state index contributed by atoms with van der Waals surface area (Å²) in [4.78, 5) is 15.8. The molecule has 0 spiro atoms. The Kier molecular flexibility index (Phi) is 5.06. The molecule has 0 unspecified atom stereocenters. The highest BCUT2D eigenvalue weighted by Gasteiger charge is 2.21. The number of amides is 1. The highest BCUT2D eigenvalue weighted by atomic mass is 35.5. The molecule has 0 atom stereocenters. The quantitative estimate of drug-likeness (QED) is 0.805. The van der Waals surface area contributed by atoms with E-state index in [1.165, 1.54) is 4.90 Å². The molecule has 0 saturated heterocycles. The van der Waals surface area contributed by atoms with Crippen LogP contribution in [0.25, 0.3) is 0 Å². The number of benzene rings is 2. The number of halogens is 1. The van der Waals surface area contributed by atoms with Crippen LogP contribution in [0.15, 0.2) is 53.4 Å². The molecule has 0 aromatic heterocycles. The van der Waals surface area contributed by atoms with E-state index in [1.54, 1.807) is 0 Å². The number of hydrogen-bond donors (Lipinski definition) is 0. The molecular weight excluding hydrogens is 314 g/mol. The molecule has 1 aliphatic rings. The van der Waals surface area contributed by atoms with Gasteiger partial charge in [0.15, 0.2) is 0 Å². The highest BCUT2D eigenvalue weighted by molar-refractivity contribution is 7.99. The SMILES string of the molecule is O=C(CCc1ccccc1Cl)N1CCCSc2ccccc21. The Balaban J connectivity index is 1.73. The highest BCUT2D eigenvalue weighted by Crippen LogP contribution is 2.34. The van der Waals surface area contributed by atoms with E-state index in [2.05, 4.69) is 6.07 Å². The lowest BCUT2D eigenvalue weighted by Gasteiger charge is -2.22. The Bertz CT molecular complexity index is 674. The molecule has 0 radical (unpaired) electrons. The molecule has 4 heteroatoms. The Morgan fingerprint density at radius 3 is 2.77 bits per heavy atom. The van der Waals surface area contributed by atoms with Crippen LogP contribution in [-0.2, 0) is 11.2 Å². The molecular formula is C18H18ClNOS. The molecule has 0 N–H and O–H groups in total. The third-order valence-corrected chi connectivity index (χ3v) is 5.32. The first-order valence-corrected chi connectivity index (χ1v) is 8.87. The van der Waals surface area contributed by atoms with Gasteiger partial charge >= 0.3 is 0 Å². The molecule has 0 bridgehead atoms. The van der Waals surface area contributed by atoms with Gasteiger partial charge in [0.25, 0.3) is 0 Å². The molecule has 1 heterocycles. The lowest BCUT2D eigenvalue weighted by Crippen LogP contribution is -2.32. The van der Waals surface area contributed by atoms with Crippen molar-refractivity contribution in [1.29, 1.82) is 0 Å². The number of aryl methyl sites for hydroxylation is 1. The molecule has 0 fully saturated rings. The van der Waals surface area contributed by atoms with Gasteiger partial charge in [-0.05, 0) is 42.4 Å². The zero-order chi connectivity index (χ0) is 15.4. The van der Waals surface area contributed by atoms with Gasteiger partial charge in [-0.25, -0.2) is 0 Å². The number of para-hydroxylation sites is 1. The third-order valence-electron chi connectivity index (χ3n) is 3.81. The summed E-state index contributed by atoms with van der Waals surface area (Å²) < 4.78 is 0. The van der Waals surface area contributed by atoms with Crippen molar-refractivity contribution >= 4 is 35.0 Å². The van der Waals surface area contributed by atoms with Crippen LogP contribution >= 0.6 is 23.4 Å². The minimum absolute atomic E-state index is 0.176. The maximum Gasteiger partial charge on any atom is 0.227 e. The minimum atomic E-state index is 0.176. The Labute approximate surface area is 140 Å².